The van der Waals surface area contributed by atoms with E-state index in [1.54, 1.807) is 18.5 Å². The number of hydroxylamine groups is 1. The summed E-state index contributed by atoms with van der Waals surface area (Å²) in [5.74, 6) is -0.462. The highest BCUT2D eigenvalue weighted by atomic mass is 16.7. The van der Waals surface area contributed by atoms with Crippen molar-refractivity contribution in [3.63, 3.8) is 0 Å². The Morgan fingerprint density at radius 1 is 1.47 bits per heavy atom. The molecule has 1 fully saturated rings. The van der Waals surface area contributed by atoms with Crippen molar-refractivity contribution >= 4 is 17.8 Å². The zero-order valence-corrected chi connectivity index (χ0v) is 10.3. The van der Waals surface area contributed by atoms with E-state index in [0.717, 1.165) is 6.42 Å². The number of nitrogens with two attached hydrogens (primary N) is 1. The first-order valence-electron chi connectivity index (χ1n) is 5.92. The lowest BCUT2D eigenvalue weighted by Gasteiger charge is -2.23. The first-order valence-corrected chi connectivity index (χ1v) is 5.92. The summed E-state index contributed by atoms with van der Waals surface area (Å²) in [4.78, 5) is 37.2. The van der Waals surface area contributed by atoms with Gasteiger partial charge in [-0.2, -0.15) is 0 Å². The van der Waals surface area contributed by atoms with Gasteiger partial charge in [-0.25, -0.2) is 15.4 Å². The molecule has 1 saturated heterocycles. The van der Waals surface area contributed by atoms with Gasteiger partial charge in [0.2, 0.25) is 11.9 Å². The summed E-state index contributed by atoms with van der Waals surface area (Å²) in [6.45, 7) is 0.359. The number of anilines is 1. The summed E-state index contributed by atoms with van der Waals surface area (Å²) in [5.41, 5.74) is 7.12. The number of aromatic nitrogens is 2. The molecule has 8 nitrogen and oxygen atoms in total. The maximum atomic E-state index is 11.9. The Labute approximate surface area is 109 Å². The summed E-state index contributed by atoms with van der Waals surface area (Å²) in [7, 11) is 0. The summed E-state index contributed by atoms with van der Waals surface area (Å²) in [6, 6.07) is 1.32. The van der Waals surface area contributed by atoms with E-state index in [9.17, 15) is 9.59 Å². The van der Waals surface area contributed by atoms with Crippen LogP contribution in [0.1, 0.15) is 12.8 Å². The molecule has 0 aliphatic carbocycles. The van der Waals surface area contributed by atoms with Crippen molar-refractivity contribution in [3.8, 4) is 0 Å². The van der Waals surface area contributed by atoms with E-state index in [0.29, 0.717) is 18.9 Å². The fourth-order valence-electron chi connectivity index (χ4n) is 1.96. The van der Waals surface area contributed by atoms with Crippen molar-refractivity contribution in [2.24, 2.45) is 5.73 Å². The van der Waals surface area contributed by atoms with Crippen LogP contribution < -0.4 is 16.1 Å². The van der Waals surface area contributed by atoms with Gasteiger partial charge < -0.3 is 10.6 Å². The molecule has 1 unspecified atom stereocenters. The predicted molar refractivity (Wildman–Crippen MR) is 65.7 cm³/mol. The van der Waals surface area contributed by atoms with Crippen LogP contribution >= 0.6 is 0 Å². The van der Waals surface area contributed by atoms with Gasteiger partial charge in [0.25, 0.3) is 5.91 Å². The second-order valence-corrected chi connectivity index (χ2v) is 4.12. The van der Waals surface area contributed by atoms with Gasteiger partial charge in [0.15, 0.2) is 6.61 Å². The number of hydrogen-bond donors (Lipinski definition) is 2. The standard InChI is InChI=1S/C11H15N5O3/c12-9(17)7-19-15-10(18)8-3-1-6-16(8)11-13-4-2-5-14-11/h2,4-5,8H,1,3,6-7H2,(H2,12,17)(H,15,18). The van der Waals surface area contributed by atoms with Gasteiger partial charge >= 0.3 is 0 Å². The van der Waals surface area contributed by atoms with Crippen molar-refractivity contribution < 1.29 is 14.4 Å². The van der Waals surface area contributed by atoms with E-state index in [4.69, 9.17) is 10.6 Å². The van der Waals surface area contributed by atoms with E-state index < -0.39 is 11.9 Å². The van der Waals surface area contributed by atoms with Crippen LogP contribution in [0.3, 0.4) is 0 Å². The van der Waals surface area contributed by atoms with Crippen LogP contribution in [0.4, 0.5) is 5.95 Å². The molecule has 0 aromatic carbocycles. The fourth-order valence-corrected chi connectivity index (χ4v) is 1.96. The zero-order chi connectivity index (χ0) is 13.7. The summed E-state index contributed by atoms with van der Waals surface area (Å²) in [6.07, 6.45) is 4.80. The third-order valence-electron chi connectivity index (χ3n) is 2.75. The molecule has 0 radical (unpaired) electrons. The highest BCUT2D eigenvalue weighted by Gasteiger charge is 2.32. The van der Waals surface area contributed by atoms with Crippen molar-refractivity contribution in [1.29, 1.82) is 0 Å². The van der Waals surface area contributed by atoms with Gasteiger partial charge in [-0.05, 0) is 18.9 Å². The average Bonchev–Trinajstić information content (AvgIpc) is 2.88. The van der Waals surface area contributed by atoms with E-state index in [1.165, 1.54) is 0 Å². The van der Waals surface area contributed by atoms with Gasteiger partial charge in [-0.15, -0.1) is 0 Å². The maximum Gasteiger partial charge on any atom is 0.266 e. The Kier molecular flexibility index (Phi) is 4.24. The molecule has 1 atom stereocenters. The van der Waals surface area contributed by atoms with E-state index in [2.05, 4.69) is 15.4 Å². The van der Waals surface area contributed by atoms with Crippen LogP contribution in [0.2, 0.25) is 0 Å². The summed E-state index contributed by atoms with van der Waals surface area (Å²) < 4.78 is 0. The van der Waals surface area contributed by atoms with Crippen molar-refractivity contribution in [2.75, 3.05) is 18.1 Å². The molecule has 19 heavy (non-hydrogen) atoms. The highest BCUT2D eigenvalue weighted by molar-refractivity contribution is 5.84. The normalized spacial score (nSPS) is 18.3. The predicted octanol–water partition coefficient (Wildman–Crippen LogP) is -1.02. The molecule has 1 aliphatic rings. The van der Waals surface area contributed by atoms with Gasteiger partial charge in [0, 0.05) is 18.9 Å². The third-order valence-corrected chi connectivity index (χ3v) is 2.75. The molecule has 8 heteroatoms. The molecular weight excluding hydrogens is 250 g/mol. The van der Waals surface area contributed by atoms with Crippen LogP contribution in [-0.4, -0.2) is 41.0 Å². The molecule has 2 amide bonds. The minimum absolute atomic E-state index is 0.328. The summed E-state index contributed by atoms with van der Waals surface area (Å²) >= 11 is 0. The van der Waals surface area contributed by atoms with Crippen molar-refractivity contribution in [1.82, 2.24) is 15.4 Å². The number of carbonyl (C=O) groups excluding carboxylic acids is 2. The number of amides is 2. The number of carbonyl (C=O) groups is 2. The van der Waals surface area contributed by atoms with E-state index in [-0.39, 0.29) is 12.5 Å². The van der Waals surface area contributed by atoms with Gasteiger partial charge in [0.05, 0.1) is 0 Å². The smallest absolute Gasteiger partial charge is 0.266 e. The average molecular weight is 265 g/mol. The van der Waals surface area contributed by atoms with Crippen LogP contribution in [-0.2, 0) is 14.4 Å². The lowest BCUT2D eigenvalue weighted by Crippen LogP contribution is -2.44. The van der Waals surface area contributed by atoms with Crippen LogP contribution in [0.15, 0.2) is 18.5 Å². The minimum atomic E-state index is -0.644. The topological polar surface area (TPSA) is 110 Å². The van der Waals surface area contributed by atoms with Gasteiger partial charge in [0.1, 0.15) is 6.04 Å². The molecule has 0 spiro atoms. The second-order valence-electron chi connectivity index (χ2n) is 4.12. The molecule has 2 rings (SSSR count). The van der Waals surface area contributed by atoms with Crippen LogP contribution in [0.5, 0.6) is 0 Å². The Morgan fingerprint density at radius 2 is 2.21 bits per heavy atom. The Morgan fingerprint density at radius 3 is 2.89 bits per heavy atom. The highest BCUT2D eigenvalue weighted by Crippen LogP contribution is 2.21. The number of nitrogens with zero attached hydrogens (tertiary/aromatic N) is 3. The molecule has 1 aromatic rings. The Bertz CT molecular complexity index is 453. The monoisotopic (exact) mass is 265 g/mol. The first kappa shape index (κ1) is 13.2. The molecular formula is C11H15N5O3. The molecule has 3 N–H and O–H groups in total. The quantitative estimate of drug-likeness (QED) is 0.659. The Balaban J connectivity index is 1.95. The molecule has 0 saturated carbocycles. The Hall–Kier alpha value is -2.22. The maximum absolute atomic E-state index is 11.9. The molecule has 1 aliphatic heterocycles. The lowest BCUT2D eigenvalue weighted by molar-refractivity contribution is -0.138. The number of hydrogen-bond acceptors (Lipinski definition) is 6. The molecule has 1 aromatic heterocycles. The van der Waals surface area contributed by atoms with Gasteiger partial charge in [-0.1, -0.05) is 0 Å². The second kappa shape index (κ2) is 6.10. The fraction of sp³-hybridized carbons (Fsp3) is 0.455. The SMILES string of the molecule is NC(=O)CONC(=O)C1CCCN1c1ncccn1. The summed E-state index contributed by atoms with van der Waals surface area (Å²) in [5, 5.41) is 0. The number of primary amides is 1. The van der Waals surface area contributed by atoms with Crippen molar-refractivity contribution in [2.45, 2.75) is 18.9 Å². The largest absolute Gasteiger partial charge is 0.368 e. The third kappa shape index (κ3) is 3.38. The zero-order valence-electron chi connectivity index (χ0n) is 10.3. The lowest BCUT2D eigenvalue weighted by atomic mass is 10.2. The number of rotatable bonds is 5. The number of nitrogens with one attached hydrogen (secondary N) is 1. The molecule has 2 heterocycles. The molecule has 102 valence electrons. The van der Waals surface area contributed by atoms with Crippen LogP contribution in [0, 0.1) is 0 Å². The van der Waals surface area contributed by atoms with E-state index in [1.807, 2.05) is 4.90 Å². The minimum Gasteiger partial charge on any atom is -0.368 e. The van der Waals surface area contributed by atoms with E-state index >= 15 is 0 Å². The van der Waals surface area contributed by atoms with Crippen LogP contribution in [0.25, 0.3) is 0 Å². The molecule has 0 bridgehead atoms. The first-order chi connectivity index (χ1) is 9.18. The van der Waals surface area contributed by atoms with Gasteiger partial charge in [-0.3, -0.25) is 14.4 Å². The van der Waals surface area contributed by atoms with Crippen molar-refractivity contribution in [3.05, 3.63) is 18.5 Å².